The summed E-state index contributed by atoms with van der Waals surface area (Å²) in [5.41, 5.74) is 0.989. The summed E-state index contributed by atoms with van der Waals surface area (Å²) in [7, 11) is 0. The van der Waals surface area contributed by atoms with E-state index in [1.54, 1.807) is 0 Å². The molecule has 0 atom stereocenters. The van der Waals surface area contributed by atoms with Crippen LogP contribution >= 0.6 is 15.9 Å². The smallest absolute Gasteiger partial charge is 0.314 e. The Balaban J connectivity index is 2.16. The topological polar surface area (TPSA) is 46.5 Å². The maximum Gasteiger partial charge on any atom is 0.314 e. The number of ether oxygens (including phenoxy) is 1. The molecule has 2 aliphatic rings. The molecule has 1 N–H and O–H groups in total. The number of carbonyl (C=O) groups is 1. The highest BCUT2D eigenvalue weighted by Crippen LogP contribution is 2.55. The predicted octanol–water partition coefficient (Wildman–Crippen LogP) is 3.28. The van der Waals surface area contributed by atoms with E-state index in [4.69, 9.17) is 4.74 Å². The van der Waals surface area contributed by atoms with Gasteiger partial charge in [0.2, 0.25) is 0 Å². The number of hydrogen-bond donors (Lipinski definition) is 1. The Morgan fingerprint density at radius 2 is 2.06 bits per heavy atom. The number of carboxylic acid groups (broad SMARTS) is 1. The normalized spacial score (nSPS) is 22.2. The Morgan fingerprint density at radius 3 is 2.61 bits per heavy atom. The first-order chi connectivity index (χ1) is 8.34. The van der Waals surface area contributed by atoms with E-state index >= 15 is 0 Å². The minimum Gasteiger partial charge on any atom is -0.487 e. The van der Waals surface area contributed by atoms with E-state index in [0.717, 1.165) is 27.8 Å². The number of carboxylic acids is 1. The molecular formula is C14H15BrO3. The van der Waals surface area contributed by atoms with Crippen molar-refractivity contribution in [3.63, 3.8) is 0 Å². The van der Waals surface area contributed by atoms with Gasteiger partial charge in [-0.05, 0) is 44.4 Å². The zero-order valence-corrected chi connectivity index (χ0v) is 12.0. The van der Waals surface area contributed by atoms with Gasteiger partial charge >= 0.3 is 5.97 Å². The summed E-state index contributed by atoms with van der Waals surface area (Å²) in [6.45, 7) is 4.07. The summed E-state index contributed by atoms with van der Waals surface area (Å²) in [4.78, 5) is 11.5. The van der Waals surface area contributed by atoms with E-state index in [2.05, 4.69) is 15.9 Å². The van der Waals surface area contributed by atoms with E-state index in [9.17, 15) is 9.90 Å². The van der Waals surface area contributed by atoms with Crippen molar-refractivity contribution in [2.24, 2.45) is 0 Å². The molecule has 1 fully saturated rings. The van der Waals surface area contributed by atoms with Gasteiger partial charge in [0.25, 0.3) is 0 Å². The SMILES string of the molecule is CC1(C)Cc2cc(Br)cc(C3(C(=O)O)CC3)c2O1. The Kier molecular flexibility index (Phi) is 2.34. The van der Waals surface area contributed by atoms with Gasteiger partial charge in [0.15, 0.2) is 0 Å². The lowest BCUT2D eigenvalue weighted by molar-refractivity contribution is -0.140. The number of hydrogen-bond acceptors (Lipinski definition) is 2. The second-order valence-corrected chi connectivity index (χ2v) is 6.78. The molecule has 3 rings (SSSR count). The van der Waals surface area contributed by atoms with Gasteiger partial charge in [-0.25, -0.2) is 0 Å². The largest absolute Gasteiger partial charge is 0.487 e. The first-order valence-corrected chi connectivity index (χ1v) is 6.89. The predicted molar refractivity (Wildman–Crippen MR) is 71.1 cm³/mol. The fraction of sp³-hybridized carbons (Fsp3) is 0.500. The zero-order chi connectivity index (χ0) is 13.1. The van der Waals surface area contributed by atoms with Crippen LogP contribution in [0.4, 0.5) is 0 Å². The molecule has 1 saturated carbocycles. The van der Waals surface area contributed by atoms with E-state index < -0.39 is 11.4 Å². The van der Waals surface area contributed by atoms with Gasteiger partial charge < -0.3 is 9.84 Å². The molecule has 1 aliphatic carbocycles. The Morgan fingerprint density at radius 1 is 1.39 bits per heavy atom. The van der Waals surface area contributed by atoms with Crippen LogP contribution in [0.1, 0.15) is 37.8 Å². The summed E-state index contributed by atoms with van der Waals surface area (Å²) in [6, 6.07) is 3.94. The molecule has 0 spiro atoms. The molecule has 4 heteroatoms. The van der Waals surface area contributed by atoms with Crippen molar-refractivity contribution >= 4 is 21.9 Å². The van der Waals surface area contributed by atoms with Crippen molar-refractivity contribution in [1.29, 1.82) is 0 Å². The van der Waals surface area contributed by atoms with Crippen molar-refractivity contribution in [1.82, 2.24) is 0 Å². The van der Waals surface area contributed by atoms with E-state index in [0.29, 0.717) is 12.8 Å². The first-order valence-electron chi connectivity index (χ1n) is 6.09. The molecule has 0 unspecified atom stereocenters. The highest BCUT2D eigenvalue weighted by atomic mass is 79.9. The number of benzene rings is 1. The highest BCUT2D eigenvalue weighted by Gasteiger charge is 2.54. The van der Waals surface area contributed by atoms with Gasteiger partial charge in [0.1, 0.15) is 11.4 Å². The summed E-state index contributed by atoms with van der Waals surface area (Å²) in [5, 5.41) is 9.44. The molecule has 0 aromatic heterocycles. The third kappa shape index (κ3) is 1.66. The second-order valence-electron chi connectivity index (χ2n) is 5.87. The van der Waals surface area contributed by atoms with E-state index in [1.807, 2.05) is 26.0 Å². The standard InChI is InChI=1S/C14H15BrO3/c1-13(2)7-8-5-9(15)6-10(11(8)18-13)14(3-4-14)12(16)17/h5-6H,3-4,7H2,1-2H3,(H,16,17). The Hall–Kier alpha value is -1.03. The molecule has 0 amide bonds. The molecule has 96 valence electrons. The van der Waals surface area contributed by atoms with Crippen LogP contribution in [-0.2, 0) is 16.6 Å². The average Bonchev–Trinajstić information content (AvgIpc) is 2.96. The third-order valence-corrected chi connectivity index (χ3v) is 4.26. The van der Waals surface area contributed by atoms with Crippen LogP contribution in [0, 0.1) is 0 Å². The van der Waals surface area contributed by atoms with Crippen molar-refractivity contribution in [2.75, 3.05) is 0 Å². The summed E-state index contributed by atoms with van der Waals surface area (Å²) in [6.07, 6.45) is 2.23. The fourth-order valence-electron chi connectivity index (χ4n) is 2.75. The monoisotopic (exact) mass is 310 g/mol. The van der Waals surface area contributed by atoms with Crippen molar-refractivity contribution in [2.45, 2.75) is 44.1 Å². The van der Waals surface area contributed by atoms with E-state index in [-0.39, 0.29) is 5.60 Å². The van der Waals surface area contributed by atoms with E-state index in [1.165, 1.54) is 0 Å². The third-order valence-electron chi connectivity index (χ3n) is 3.80. The summed E-state index contributed by atoms with van der Waals surface area (Å²) >= 11 is 3.47. The molecule has 1 aromatic rings. The number of rotatable bonds is 2. The molecule has 3 nitrogen and oxygen atoms in total. The van der Waals surface area contributed by atoms with Crippen LogP contribution in [0.2, 0.25) is 0 Å². The average molecular weight is 311 g/mol. The molecule has 18 heavy (non-hydrogen) atoms. The van der Waals surface area contributed by atoms with Crippen LogP contribution < -0.4 is 4.74 Å². The molecule has 0 bridgehead atoms. The molecule has 1 heterocycles. The lowest BCUT2D eigenvalue weighted by Gasteiger charge is -2.20. The highest BCUT2D eigenvalue weighted by molar-refractivity contribution is 9.10. The van der Waals surface area contributed by atoms with Gasteiger partial charge in [-0.3, -0.25) is 4.79 Å². The van der Waals surface area contributed by atoms with Gasteiger partial charge in [-0.2, -0.15) is 0 Å². The number of fused-ring (bicyclic) bond motifs is 1. The minimum atomic E-state index is -0.740. The van der Waals surface area contributed by atoms with Gasteiger partial charge in [-0.15, -0.1) is 0 Å². The summed E-state index contributed by atoms with van der Waals surface area (Å²) in [5.74, 6) is 0.0548. The van der Waals surface area contributed by atoms with Crippen LogP contribution in [-0.4, -0.2) is 16.7 Å². The lowest BCUT2D eigenvalue weighted by atomic mass is 9.92. The van der Waals surface area contributed by atoms with Crippen molar-refractivity contribution in [3.05, 3.63) is 27.7 Å². The summed E-state index contributed by atoms with van der Waals surface area (Å²) < 4.78 is 6.91. The quantitative estimate of drug-likeness (QED) is 0.912. The van der Waals surface area contributed by atoms with Gasteiger partial charge in [-0.1, -0.05) is 15.9 Å². The molecule has 1 aliphatic heterocycles. The number of aliphatic carboxylic acids is 1. The molecular weight excluding hydrogens is 296 g/mol. The first kappa shape index (κ1) is 12.0. The second kappa shape index (κ2) is 3.50. The maximum absolute atomic E-state index is 11.5. The molecule has 1 aromatic carbocycles. The lowest BCUT2D eigenvalue weighted by Crippen LogP contribution is -2.26. The van der Waals surface area contributed by atoms with Crippen molar-refractivity contribution in [3.8, 4) is 5.75 Å². The Bertz CT molecular complexity index is 544. The number of halogens is 1. The minimum absolute atomic E-state index is 0.244. The van der Waals surface area contributed by atoms with Crippen LogP contribution in [0.3, 0.4) is 0 Å². The van der Waals surface area contributed by atoms with Gasteiger partial charge in [0.05, 0.1) is 5.41 Å². The van der Waals surface area contributed by atoms with Gasteiger partial charge in [0, 0.05) is 16.5 Å². The van der Waals surface area contributed by atoms with Crippen LogP contribution in [0.15, 0.2) is 16.6 Å². The van der Waals surface area contributed by atoms with Crippen molar-refractivity contribution < 1.29 is 14.6 Å². The van der Waals surface area contributed by atoms with Crippen LogP contribution in [0.25, 0.3) is 0 Å². The molecule has 0 saturated heterocycles. The fourth-order valence-corrected chi connectivity index (χ4v) is 3.26. The Labute approximate surface area is 114 Å². The maximum atomic E-state index is 11.5. The zero-order valence-electron chi connectivity index (χ0n) is 10.4. The molecule has 0 radical (unpaired) electrons. The van der Waals surface area contributed by atoms with Crippen LogP contribution in [0.5, 0.6) is 5.75 Å².